The van der Waals surface area contributed by atoms with E-state index in [0.717, 1.165) is 23.5 Å². The fraction of sp³-hybridized carbons (Fsp3) is 0.250. The molecule has 0 aliphatic rings. The van der Waals surface area contributed by atoms with E-state index in [2.05, 4.69) is 45.7 Å². The topological polar surface area (TPSA) is 30.7 Å². The fourth-order valence-corrected chi connectivity index (χ4v) is 2.48. The van der Waals surface area contributed by atoms with Gasteiger partial charge in [0.15, 0.2) is 5.65 Å². The smallest absolute Gasteiger partial charge is 0.160 e. The second-order valence-corrected chi connectivity index (χ2v) is 5.66. The van der Waals surface area contributed by atoms with Crippen LogP contribution in [0, 0.1) is 6.92 Å². The van der Waals surface area contributed by atoms with Crippen LogP contribution in [-0.2, 0) is 6.54 Å². The lowest BCUT2D eigenvalue weighted by atomic mass is 10.1. The number of rotatable bonds is 3. The highest BCUT2D eigenvalue weighted by Crippen LogP contribution is 2.24. The van der Waals surface area contributed by atoms with E-state index in [1.807, 2.05) is 19.1 Å². The predicted octanol–water partition coefficient (Wildman–Crippen LogP) is 4.09. The van der Waals surface area contributed by atoms with Gasteiger partial charge in [0.1, 0.15) is 11.3 Å². The maximum Gasteiger partial charge on any atom is 0.160 e. The van der Waals surface area contributed by atoms with Gasteiger partial charge < -0.3 is 4.57 Å². The Morgan fingerprint density at radius 3 is 2.65 bits per heavy atom. The number of pyridine rings is 1. The van der Waals surface area contributed by atoms with Crippen LogP contribution in [-0.4, -0.2) is 14.5 Å². The Morgan fingerprint density at radius 1 is 1.20 bits per heavy atom. The van der Waals surface area contributed by atoms with Crippen LogP contribution in [0.4, 0.5) is 0 Å². The molecule has 4 heteroatoms. The molecule has 2 aromatic heterocycles. The summed E-state index contributed by atoms with van der Waals surface area (Å²) >= 11 is 6.26. The van der Waals surface area contributed by atoms with Crippen molar-refractivity contribution >= 4 is 22.8 Å². The van der Waals surface area contributed by atoms with Crippen LogP contribution >= 0.6 is 11.6 Å². The van der Waals surface area contributed by atoms with Crippen LogP contribution in [0.25, 0.3) is 11.2 Å². The number of nitrogens with zero attached hydrogens (tertiary/aromatic N) is 3. The van der Waals surface area contributed by atoms with E-state index in [1.54, 1.807) is 6.20 Å². The number of benzene rings is 1. The zero-order valence-corrected chi connectivity index (χ0v) is 12.3. The summed E-state index contributed by atoms with van der Waals surface area (Å²) in [5.41, 5.74) is 4.25. The van der Waals surface area contributed by atoms with Crippen molar-refractivity contribution in [3.8, 4) is 0 Å². The maximum atomic E-state index is 6.26. The molecular formula is C16H16ClN3. The lowest BCUT2D eigenvalue weighted by molar-refractivity contribution is 0.736. The van der Waals surface area contributed by atoms with Gasteiger partial charge in [-0.1, -0.05) is 29.8 Å². The van der Waals surface area contributed by atoms with Crippen molar-refractivity contribution in [2.24, 2.45) is 0 Å². The van der Waals surface area contributed by atoms with E-state index in [9.17, 15) is 0 Å². The molecule has 0 saturated heterocycles. The monoisotopic (exact) mass is 285 g/mol. The van der Waals surface area contributed by atoms with Crippen molar-refractivity contribution in [1.82, 2.24) is 14.5 Å². The van der Waals surface area contributed by atoms with Crippen LogP contribution in [0.2, 0.25) is 0 Å². The average molecular weight is 286 g/mol. The molecule has 0 aliphatic carbocycles. The van der Waals surface area contributed by atoms with Crippen molar-refractivity contribution in [2.45, 2.75) is 25.8 Å². The fourth-order valence-electron chi connectivity index (χ4n) is 2.31. The van der Waals surface area contributed by atoms with Gasteiger partial charge in [0.05, 0.1) is 11.9 Å². The first kappa shape index (κ1) is 13.1. The molecule has 0 amide bonds. The van der Waals surface area contributed by atoms with Gasteiger partial charge in [-0.05, 0) is 31.5 Å². The van der Waals surface area contributed by atoms with E-state index in [-0.39, 0.29) is 5.38 Å². The standard InChI is InChI=1S/C16H16ClN3/c1-11-5-7-13(8-6-11)10-20-15(12(2)17)19-14-4-3-9-18-16(14)20/h3-9,12H,10H2,1-2H3. The number of aromatic nitrogens is 3. The van der Waals surface area contributed by atoms with Crippen LogP contribution in [0.3, 0.4) is 0 Å². The van der Waals surface area contributed by atoms with Gasteiger partial charge in [-0.15, -0.1) is 11.6 Å². The Kier molecular flexibility index (Phi) is 3.45. The van der Waals surface area contributed by atoms with E-state index in [1.165, 1.54) is 11.1 Å². The Balaban J connectivity index is 2.09. The van der Waals surface area contributed by atoms with Gasteiger partial charge in [-0.25, -0.2) is 9.97 Å². The molecule has 3 rings (SSSR count). The third-order valence-corrected chi connectivity index (χ3v) is 3.55. The molecule has 0 fully saturated rings. The highest BCUT2D eigenvalue weighted by atomic mass is 35.5. The summed E-state index contributed by atoms with van der Waals surface area (Å²) in [5.74, 6) is 0.862. The van der Waals surface area contributed by atoms with Gasteiger partial charge in [-0.3, -0.25) is 0 Å². The van der Waals surface area contributed by atoms with Crippen molar-refractivity contribution in [3.05, 3.63) is 59.5 Å². The summed E-state index contributed by atoms with van der Waals surface area (Å²) in [6, 6.07) is 12.4. The number of aryl methyl sites for hydroxylation is 1. The summed E-state index contributed by atoms with van der Waals surface area (Å²) in [4.78, 5) is 9.03. The summed E-state index contributed by atoms with van der Waals surface area (Å²) < 4.78 is 2.09. The number of fused-ring (bicyclic) bond motifs is 1. The molecule has 0 N–H and O–H groups in total. The Labute approximate surface area is 123 Å². The molecule has 0 aliphatic heterocycles. The number of alkyl halides is 1. The van der Waals surface area contributed by atoms with Crippen LogP contribution in [0.5, 0.6) is 0 Å². The molecular weight excluding hydrogens is 270 g/mol. The van der Waals surface area contributed by atoms with Crippen LogP contribution in [0.1, 0.15) is 29.3 Å². The summed E-state index contributed by atoms with van der Waals surface area (Å²) in [7, 11) is 0. The normalized spacial score (nSPS) is 12.8. The first-order valence-corrected chi connectivity index (χ1v) is 7.09. The molecule has 1 aromatic carbocycles. The summed E-state index contributed by atoms with van der Waals surface area (Å²) in [6.45, 7) is 4.76. The minimum absolute atomic E-state index is 0.144. The van der Waals surface area contributed by atoms with Crippen LogP contribution in [0.15, 0.2) is 42.6 Å². The van der Waals surface area contributed by atoms with Gasteiger partial charge in [0.25, 0.3) is 0 Å². The molecule has 0 saturated carbocycles. The maximum absolute atomic E-state index is 6.26. The molecule has 1 unspecified atom stereocenters. The molecule has 20 heavy (non-hydrogen) atoms. The third kappa shape index (κ3) is 2.41. The van der Waals surface area contributed by atoms with Gasteiger partial charge in [-0.2, -0.15) is 0 Å². The molecule has 0 radical (unpaired) electrons. The van der Waals surface area contributed by atoms with E-state index in [0.29, 0.717) is 0 Å². The second-order valence-electron chi connectivity index (χ2n) is 5.00. The number of hydrogen-bond acceptors (Lipinski definition) is 2. The zero-order chi connectivity index (χ0) is 14.1. The molecule has 3 nitrogen and oxygen atoms in total. The number of imidazole rings is 1. The van der Waals surface area contributed by atoms with Gasteiger partial charge in [0, 0.05) is 6.20 Å². The Hall–Kier alpha value is -1.87. The Morgan fingerprint density at radius 2 is 1.95 bits per heavy atom. The molecule has 2 heterocycles. The zero-order valence-electron chi connectivity index (χ0n) is 11.5. The first-order valence-electron chi connectivity index (χ1n) is 6.66. The minimum atomic E-state index is -0.144. The predicted molar refractivity (Wildman–Crippen MR) is 82.1 cm³/mol. The SMILES string of the molecule is Cc1ccc(Cn2c(C(C)Cl)nc3cccnc32)cc1. The van der Waals surface area contributed by atoms with E-state index in [4.69, 9.17) is 11.6 Å². The Bertz CT molecular complexity index is 729. The first-order chi connectivity index (χ1) is 9.65. The second kappa shape index (κ2) is 5.25. The van der Waals surface area contributed by atoms with Gasteiger partial charge in [0.2, 0.25) is 0 Å². The molecule has 3 aromatic rings. The third-order valence-electron chi connectivity index (χ3n) is 3.35. The van der Waals surface area contributed by atoms with E-state index >= 15 is 0 Å². The molecule has 1 atom stereocenters. The van der Waals surface area contributed by atoms with Crippen molar-refractivity contribution in [1.29, 1.82) is 0 Å². The molecule has 0 bridgehead atoms. The quantitative estimate of drug-likeness (QED) is 0.679. The minimum Gasteiger partial charge on any atom is -0.307 e. The van der Waals surface area contributed by atoms with Crippen molar-refractivity contribution in [3.63, 3.8) is 0 Å². The van der Waals surface area contributed by atoms with Crippen LogP contribution < -0.4 is 0 Å². The largest absolute Gasteiger partial charge is 0.307 e. The van der Waals surface area contributed by atoms with E-state index < -0.39 is 0 Å². The lowest BCUT2D eigenvalue weighted by Crippen LogP contribution is -2.06. The average Bonchev–Trinajstić information content (AvgIpc) is 2.81. The van der Waals surface area contributed by atoms with Gasteiger partial charge >= 0.3 is 0 Å². The summed E-state index contributed by atoms with van der Waals surface area (Å²) in [5, 5.41) is -0.144. The lowest BCUT2D eigenvalue weighted by Gasteiger charge is -2.10. The summed E-state index contributed by atoms with van der Waals surface area (Å²) in [6.07, 6.45) is 1.79. The highest BCUT2D eigenvalue weighted by Gasteiger charge is 2.15. The van der Waals surface area contributed by atoms with Crippen molar-refractivity contribution in [2.75, 3.05) is 0 Å². The molecule has 102 valence electrons. The number of hydrogen-bond donors (Lipinski definition) is 0. The molecule has 0 spiro atoms. The van der Waals surface area contributed by atoms with Crippen molar-refractivity contribution < 1.29 is 0 Å². The highest BCUT2D eigenvalue weighted by molar-refractivity contribution is 6.20. The number of halogens is 1.